The van der Waals surface area contributed by atoms with Gasteiger partial charge in [0.05, 0.1) is 10.6 Å². The Bertz CT molecular complexity index is 879. The molecule has 0 aliphatic carbocycles. The van der Waals surface area contributed by atoms with Gasteiger partial charge in [0.25, 0.3) is 5.91 Å². The highest BCUT2D eigenvalue weighted by molar-refractivity contribution is 7.99. The van der Waals surface area contributed by atoms with Crippen LogP contribution in [0.5, 0.6) is 0 Å². The van der Waals surface area contributed by atoms with Crippen LogP contribution in [-0.4, -0.2) is 27.8 Å². The molecule has 8 heteroatoms. The summed E-state index contributed by atoms with van der Waals surface area (Å²) in [6.45, 7) is 1.99. The maximum absolute atomic E-state index is 12.0. The number of aromatic nitrogens is 2. The fourth-order valence-electron chi connectivity index (χ4n) is 2.02. The molecule has 0 aliphatic rings. The molecule has 3 rings (SSSR count). The monoisotopic (exact) mass is 384 g/mol. The molecule has 132 valence electrons. The van der Waals surface area contributed by atoms with Crippen LogP contribution in [0.3, 0.4) is 0 Å². The fraction of sp³-hybridized carbons (Fsp3) is 0.111. The third-order valence-corrected chi connectivity index (χ3v) is 5.10. The van der Waals surface area contributed by atoms with Gasteiger partial charge in [-0.1, -0.05) is 35.5 Å². The van der Waals surface area contributed by atoms with Crippen molar-refractivity contribution in [1.82, 2.24) is 10.2 Å². The first-order valence-electron chi connectivity index (χ1n) is 7.78. The van der Waals surface area contributed by atoms with Crippen molar-refractivity contribution in [2.45, 2.75) is 11.9 Å². The summed E-state index contributed by atoms with van der Waals surface area (Å²) >= 11 is 2.64. The number of carbonyl (C=O) groups excluding carboxylic acids is 2. The number of anilines is 2. The average Bonchev–Trinajstić information content (AvgIpc) is 3.18. The van der Waals surface area contributed by atoms with Crippen LogP contribution in [0, 0.1) is 6.92 Å². The van der Waals surface area contributed by atoms with E-state index in [9.17, 15) is 9.59 Å². The van der Waals surface area contributed by atoms with Gasteiger partial charge in [-0.2, -0.15) is 0 Å². The summed E-state index contributed by atoms with van der Waals surface area (Å²) in [5.41, 5.74) is 1.90. The van der Waals surface area contributed by atoms with Crippen molar-refractivity contribution < 1.29 is 9.59 Å². The minimum Gasteiger partial charge on any atom is -0.325 e. The maximum atomic E-state index is 12.0. The number of thiophene rings is 1. The number of aryl methyl sites for hydroxylation is 1. The van der Waals surface area contributed by atoms with Crippen molar-refractivity contribution >= 4 is 46.4 Å². The summed E-state index contributed by atoms with van der Waals surface area (Å²) in [6.07, 6.45) is 0. The van der Waals surface area contributed by atoms with Crippen LogP contribution in [0.1, 0.15) is 15.2 Å². The zero-order valence-corrected chi connectivity index (χ0v) is 15.6. The van der Waals surface area contributed by atoms with E-state index in [4.69, 9.17) is 0 Å². The zero-order chi connectivity index (χ0) is 18.4. The van der Waals surface area contributed by atoms with E-state index >= 15 is 0 Å². The summed E-state index contributed by atoms with van der Waals surface area (Å²) in [5.74, 6) is 0.267. The predicted molar refractivity (Wildman–Crippen MR) is 105 cm³/mol. The maximum Gasteiger partial charge on any atom is 0.266 e. The van der Waals surface area contributed by atoms with E-state index in [0.717, 1.165) is 11.3 Å². The van der Waals surface area contributed by atoms with Crippen LogP contribution in [0.25, 0.3) is 0 Å². The van der Waals surface area contributed by atoms with Crippen molar-refractivity contribution in [3.05, 3.63) is 64.4 Å². The Morgan fingerprint density at radius 1 is 1.04 bits per heavy atom. The molecule has 1 aromatic carbocycles. The molecule has 0 spiro atoms. The van der Waals surface area contributed by atoms with Gasteiger partial charge in [-0.3, -0.25) is 9.59 Å². The van der Waals surface area contributed by atoms with Crippen molar-refractivity contribution in [2.75, 3.05) is 16.4 Å². The molecular weight excluding hydrogens is 368 g/mol. The van der Waals surface area contributed by atoms with Crippen molar-refractivity contribution in [3.63, 3.8) is 0 Å². The molecule has 0 bridgehead atoms. The second kappa shape index (κ2) is 8.59. The van der Waals surface area contributed by atoms with Crippen LogP contribution in [0.2, 0.25) is 0 Å². The molecule has 2 amide bonds. The summed E-state index contributed by atoms with van der Waals surface area (Å²) < 4.78 is 0. The Morgan fingerprint density at radius 2 is 1.85 bits per heavy atom. The van der Waals surface area contributed by atoms with Gasteiger partial charge in [0.1, 0.15) is 5.03 Å². The smallest absolute Gasteiger partial charge is 0.266 e. The first-order chi connectivity index (χ1) is 12.6. The molecule has 0 aliphatic heterocycles. The molecule has 2 N–H and O–H groups in total. The van der Waals surface area contributed by atoms with E-state index in [2.05, 4.69) is 20.8 Å². The lowest BCUT2D eigenvalue weighted by atomic mass is 10.2. The molecule has 2 heterocycles. The van der Waals surface area contributed by atoms with Crippen LogP contribution in [0.15, 0.2) is 58.9 Å². The molecule has 3 aromatic rings. The van der Waals surface area contributed by atoms with E-state index in [0.29, 0.717) is 15.7 Å². The van der Waals surface area contributed by atoms with Gasteiger partial charge in [0.2, 0.25) is 5.91 Å². The minimum atomic E-state index is -0.216. The number of thioether (sulfide) groups is 1. The lowest BCUT2D eigenvalue weighted by Gasteiger charge is -2.06. The first kappa shape index (κ1) is 18.1. The minimum absolute atomic E-state index is 0.115. The number of amides is 2. The SMILES string of the molecule is Cc1ccc(NC(=O)CSc2ccc(NC(=O)c3cccs3)nn2)cc1. The van der Waals surface area contributed by atoms with Crippen LogP contribution >= 0.6 is 23.1 Å². The lowest BCUT2D eigenvalue weighted by molar-refractivity contribution is -0.113. The van der Waals surface area contributed by atoms with Crippen LogP contribution in [-0.2, 0) is 4.79 Å². The van der Waals surface area contributed by atoms with Crippen molar-refractivity contribution in [2.24, 2.45) is 0 Å². The highest BCUT2D eigenvalue weighted by Crippen LogP contribution is 2.17. The largest absolute Gasteiger partial charge is 0.325 e. The molecule has 0 unspecified atom stereocenters. The molecule has 0 radical (unpaired) electrons. The zero-order valence-electron chi connectivity index (χ0n) is 13.9. The summed E-state index contributed by atoms with van der Waals surface area (Å²) in [5, 5.41) is 16.0. The van der Waals surface area contributed by atoms with Gasteiger partial charge in [-0.05, 0) is 42.6 Å². The van der Waals surface area contributed by atoms with E-state index in [1.165, 1.54) is 23.1 Å². The van der Waals surface area contributed by atoms with Gasteiger partial charge in [-0.25, -0.2) is 0 Å². The molecule has 0 saturated carbocycles. The number of benzene rings is 1. The van der Waals surface area contributed by atoms with Crippen molar-refractivity contribution in [3.8, 4) is 0 Å². The third kappa shape index (κ3) is 5.14. The topological polar surface area (TPSA) is 84.0 Å². The van der Waals surface area contributed by atoms with Gasteiger partial charge < -0.3 is 10.6 Å². The number of carbonyl (C=O) groups is 2. The number of nitrogens with one attached hydrogen (secondary N) is 2. The standard InChI is InChI=1S/C18H16N4O2S2/c1-12-4-6-13(7-5-12)19-16(23)11-26-17-9-8-15(21-22-17)20-18(24)14-3-2-10-25-14/h2-10H,11H2,1H3,(H,19,23)(H,20,21,24). The van der Waals surface area contributed by atoms with E-state index in [1.807, 2.05) is 42.6 Å². The van der Waals surface area contributed by atoms with E-state index in [1.54, 1.807) is 18.2 Å². The first-order valence-corrected chi connectivity index (χ1v) is 9.64. The highest BCUT2D eigenvalue weighted by Gasteiger charge is 2.09. The number of nitrogens with zero attached hydrogens (tertiary/aromatic N) is 2. The van der Waals surface area contributed by atoms with Gasteiger partial charge in [0, 0.05) is 5.69 Å². The Hall–Kier alpha value is -2.71. The van der Waals surface area contributed by atoms with Crippen molar-refractivity contribution in [1.29, 1.82) is 0 Å². The molecule has 26 heavy (non-hydrogen) atoms. The summed E-state index contributed by atoms with van der Waals surface area (Å²) in [6, 6.07) is 14.6. The summed E-state index contributed by atoms with van der Waals surface area (Å²) in [4.78, 5) is 24.5. The number of rotatable bonds is 6. The molecular formula is C18H16N4O2S2. The Labute approximate surface area is 159 Å². The Kier molecular flexibility index (Phi) is 5.98. The van der Waals surface area contributed by atoms with Crippen LogP contribution in [0.4, 0.5) is 11.5 Å². The Morgan fingerprint density at radius 3 is 2.50 bits per heavy atom. The second-order valence-electron chi connectivity index (χ2n) is 5.39. The molecule has 0 atom stereocenters. The quantitative estimate of drug-likeness (QED) is 0.631. The fourth-order valence-corrected chi connectivity index (χ4v) is 3.26. The number of hydrogen-bond donors (Lipinski definition) is 2. The third-order valence-electron chi connectivity index (χ3n) is 3.31. The lowest BCUT2D eigenvalue weighted by Crippen LogP contribution is -2.14. The van der Waals surface area contributed by atoms with E-state index in [-0.39, 0.29) is 17.6 Å². The summed E-state index contributed by atoms with van der Waals surface area (Å²) in [7, 11) is 0. The predicted octanol–water partition coefficient (Wildman–Crippen LogP) is 3.83. The van der Waals surface area contributed by atoms with Gasteiger partial charge in [0.15, 0.2) is 5.82 Å². The molecule has 0 saturated heterocycles. The van der Waals surface area contributed by atoms with Gasteiger partial charge in [-0.15, -0.1) is 21.5 Å². The van der Waals surface area contributed by atoms with Crippen LogP contribution < -0.4 is 10.6 Å². The average molecular weight is 384 g/mol. The molecule has 0 fully saturated rings. The second-order valence-corrected chi connectivity index (χ2v) is 7.33. The molecule has 2 aromatic heterocycles. The normalized spacial score (nSPS) is 10.3. The highest BCUT2D eigenvalue weighted by atomic mass is 32.2. The Balaban J connectivity index is 1.48. The molecule has 6 nitrogen and oxygen atoms in total. The van der Waals surface area contributed by atoms with E-state index < -0.39 is 0 Å². The van der Waals surface area contributed by atoms with Gasteiger partial charge >= 0.3 is 0 Å². The number of hydrogen-bond acceptors (Lipinski definition) is 6.